The Morgan fingerprint density at radius 2 is 1.64 bits per heavy atom. The molecule has 28 heavy (non-hydrogen) atoms. The van der Waals surface area contributed by atoms with E-state index in [1.807, 2.05) is 32.9 Å². The third-order valence-electron chi connectivity index (χ3n) is 4.64. The molecule has 0 unspecified atom stereocenters. The molecule has 6 heteroatoms. The molecular weight excluding hydrogens is 358 g/mol. The molecule has 1 saturated heterocycles. The highest BCUT2D eigenvalue weighted by Crippen LogP contribution is 2.31. The fourth-order valence-corrected chi connectivity index (χ4v) is 3.03. The lowest BCUT2D eigenvalue weighted by molar-refractivity contribution is 0.0126. The zero-order valence-corrected chi connectivity index (χ0v) is 18.1. The number of hydrogen-bond donors (Lipinski definition) is 0. The molecule has 1 amide bonds. The second-order valence-electron chi connectivity index (χ2n) is 9.24. The Labute approximate surface area is 168 Å². The van der Waals surface area contributed by atoms with Crippen molar-refractivity contribution in [3.8, 4) is 5.75 Å². The molecule has 1 aromatic carbocycles. The van der Waals surface area contributed by atoms with E-state index in [0.717, 1.165) is 5.56 Å². The van der Waals surface area contributed by atoms with Gasteiger partial charge in [0.2, 0.25) is 0 Å². The predicted molar refractivity (Wildman–Crippen MR) is 108 cm³/mol. The van der Waals surface area contributed by atoms with Crippen molar-refractivity contribution in [1.82, 2.24) is 4.90 Å². The van der Waals surface area contributed by atoms with Crippen LogP contribution in [0.25, 0.3) is 0 Å². The minimum atomic E-state index is -0.507. The van der Waals surface area contributed by atoms with Crippen LogP contribution in [0, 0.1) is 0 Å². The molecule has 0 atom stereocenters. The standard InChI is InChI=1S/C22H33NO5/c1-21(2,3)15-8-9-17(19(24)26-7)18(14-15)27-16-10-12-23(13-11-16)20(25)28-22(4,5)6/h8-9,14,16H,10-13H2,1-7H3. The maximum atomic E-state index is 12.2. The number of hydrogen-bond acceptors (Lipinski definition) is 5. The van der Waals surface area contributed by atoms with Gasteiger partial charge in [-0.15, -0.1) is 0 Å². The highest BCUT2D eigenvalue weighted by molar-refractivity contribution is 5.92. The van der Waals surface area contributed by atoms with Crippen LogP contribution in [0.3, 0.4) is 0 Å². The van der Waals surface area contributed by atoms with Gasteiger partial charge in [0.15, 0.2) is 0 Å². The lowest BCUT2D eigenvalue weighted by atomic mass is 9.86. The van der Waals surface area contributed by atoms with Crippen molar-refractivity contribution in [3.05, 3.63) is 29.3 Å². The number of rotatable bonds is 3. The maximum Gasteiger partial charge on any atom is 0.410 e. The van der Waals surface area contributed by atoms with Crippen LogP contribution in [-0.4, -0.2) is 48.9 Å². The third kappa shape index (κ3) is 5.88. The number of benzene rings is 1. The van der Waals surface area contributed by atoms with Gasteiger partial charge in [0.1, 0.15) is 23.0 Å². The van der Waals surface area contributed by atoms with E-state index in [4.69, 9.17) is 14.2 Å². The largest absolute Gasteiger partial charge is 0.489 e. The number of nitrogens with zero attached hydrogens (tertiary/aromatic N) is 1. The summed E-state index contributed by atoms with van der Waals surface area (Å²) >= 11 is 0. The first-order valence-corrected chi connectivity index (χ1v) is 9.78. The van der Waals surface area contributed by atoms with Gasteiger partial charge >= 0.3 is 12.1 Å². The van der Waals surface area contributed by atoms with Crippen LogP contribution in [0.1, 0.15) is 70.3 Å². The van der Waals surface area contributed by atoms with Crippen molar-refractivity contribution in [3.63, 3.8) is 0 Å². The Morgan fingerprint density at radius 3 is 2.14 bits per heavy atom. The topological polar surface area (TPSA) is 65.1 Å². The van der Waals surface area contributed by atoms with E-state index < -0.39 is 11.6 Å². The molecule has 0 aromatic heterocycles. The third-order valence-corrected chi connectivity index (χ3v) is 4.64. The van der Waals surface area contributed by atoms with Crippen LogP contribution < -0.4 is 4.74 Å². The molecule has 2 rings (SSSR count). The quantitative estimate of drug-likeness (QED) is 0.707. The van der Waals surface area contributed by atoms with Crippen LogP contribution in [0.5, 0.6) is 5.75 Å². The first kappa shape index (κ1) is 22.1. The molecule has 0 bridgehead atoms. The molecule has 0 N–H and O–H groups in total. The highest BCUT2D eigenvalue weighted by Gasteiger charge is 2.29. The Bertz CT molecular complexity index is 707. The van der Waals surface area contributed by atoms with E-state index in [1.54, 1.807) is 11.0 Å². The summed E-state index contributed by atoms with van der Waals surface area (Å²) in [5.74, 6) is 0.122. The Kier molecular flexibility index (Phi) is 6.63. The van der Waals surface area contributed by atoms with Crippen LogP contribution >= 0.6 is 0 Å². The Balaban J connectivity index is 2.09. The normalized spacial score (nSPS) is 15.9. The van der Waals surface area contributed by atoms with E-state index in [0.29, 0.717) is 37.2 Å². The van der Waals surface area contributed by atoms with Crippen LogP contribution in [0.2, 0.25) is 0 Å². The fourth-order valence-electron chi connectivity index (χ4n) is 3.03. The molecule has 1 fully saturated rings. The van der Waals surface area contributed by atoms with Crippen LogP contribution in [-0.2, 0) is 14.9 Å². The second kappa shape index (κ2) is 8.41. The number of esters is 1. The molecule has 0 radical (unpaired) electrons. The average Bonchev–Trinajstić information content (AvgIpc) is 2.59. The zero-order valence-electron chi connectivity index (χ0n) is 18.1. The molecule has 156 valence electrons. The number of methoxy groups -OCH3 is 1. The van der Waals surface area contributed by atoms with Crippen LogP contribution in [0.15, 0.2) is 18.2 Å². The first-order chi connectivity index (χ1) is 12.9. The number of likely N-dealkylation sites (tertiary alicyclic amines) is 1. The van der Waals surface area contributed by atoms with Gasteiger partial charge in [-0.1, -0.05) is 26.8 Å². The Hall–Kier alpha value is -2.24. The number of ether oxygens (including phenoxy) is 3. The second-order valence-corrected chi connectivity index (χ2v) is 9.24. The van der Waals surface area contributed by atoms with Crippen molar-refractivity contribution in [2.75, 3.05) is 20.2 Å². The minimum absolute atomic E-state index is 0.0627. The molecule has 1 aliphatic rings. The number of carbonyl (C=O) groups is 2. The molecular formula is C22H33NO5. The van der Waals surface area contributed by atoms with Crippen molar-refractivity contribution < 1.29 is 23.8 Å². The van der Waals surface area contributed by atoms with Gasteiger partial charge in [0, 0.05) is 25.9 Å². The molecule has 0 aliphatic carbocycles. The monoisotopic (exact) mass is 391 g/mol. The van der Waals surface area contributed by atoms with Gasteiger partial charge < -0.3 is 19.1 Å². The predicted octanol–water partition coefficient (Wildman–Crippen LogP) is 4.55. The van der Waals surface area contributed by atoms with E-state index in [1.165, 1.54) is 7.11 Å². The van der Waals surface area contributed by atoms with Crippen molar-refractivity contribution in [2.45, 2.75) is 71.5 Å². The number of amides is 1. The molecule has 1 aromatic rings. The van der Waals surface area contributed by atoms with Crippen LogP contribution in [0.4, 0.5) is 4.79 Å². The SMILES string of the molecule is COC(=O)c1ccc(C(C)(C)C)cc1OC1CCN(C(=O)OC(C)(C)C)CC1. The van der Waals surface area contributed by atoms with Crippen molar-refractivity contribution in [1.29, 1.82) is 0 Å². The number of carbonyl (C=O) groups excluding carboxylic acids is 2. The summed E-state index contributed by atoms with van der Waals surface area (Å²) in [6.07, 6.45) is 0.993. The Morgan fingerprint density at radius 1 is 1.04 bits per heavy atom. The van der Waals surface area contributed by atoms with E-state index in [2.05, 4.69) is 20.8 Å². The molecule has 0 saturated carbocycles. The van der Waals surface area contributed by atoms with Gasteiger partial charge in [0.05, 0.1) is 7.11 Å². The summed E-state index contributed by atoms with van der Waals surface area (Å²) in [5, 5.41) is 0. The smallest absolute Gasteiger partial charge is 0.410 e. The maximum absolute atomic E-state index is 12.2. The molecule has 1 heterocycles. The van der Waals surface area contributed by atoms with Gasteiger partial charge in [-0.25, -0.2) is 9.59 Å². The van der Waals surface area contributed by atoms with Gasteiger partial charge in [0.25, 0.3) is 0 Å². The fraction of sp³-hybridized carbons (Fsp3) is 0.636. The highest BCUT2D eigenvalue weighted by atomic mass is 16.6. The van der Waals surface area contributed by atoms with Crippen molar-refractivity contribution in [2.24, 2.45) is 0 Å². The summed E-state index contributed by atoms with van der Waals surface area (Å²) in [4.78, 5) is 26.1. The van der Waals surface area contributed by atoms with E-state index >= 15 is 0 Å². The minimum Gasteiger partial charge on any atom is -0.489 e. The number of piperidine rings is 1. The lowest BCUT2D eigenvalue weighted by Crippen LogP contribution is -2.44. The van der Waals surface area contributed by atoms with Gasteiger partial charge in [-0.05, 0) is 43.9 Å². The molecule has 1 aliphatic heterocycles. The van der Waals surface area contributed by atoms with E-state index in [-0.39, 0.29) is 17.6 Å². The summed E-state index contributed by atoms with van der Waals surface area (Å²) in [7, 11) is 1.36. The summed E-state index contributed by atoms with van der Waals surface area (Å²) in [6.45, 7) is 13.0. The summed E-state index contributed by atoms with van der Waals surface area (Å²) in [6, 6.07) is 5.62. The zero-order chi connectivity index (χ0) is 21.1. The molecule has 0 spiro atoms. The van der Waals surface area contributed by atoms with E-state index in [9.17, 15) is 9.59 Å². The summed E-state index contributed by atoms with van der Waals surface area (Å²) in [5.41, 5.74) is 0.937. The first-order valence-electron chi connectivity index (χ1n) is 9.78. The lowest BCUT2D eigenvalue weighted by Gasteiger charge is -2.34. The summed E-state index contributed by atoms with van der Waals surface area (Å²) < 4.78 is 16.5. The van der Waals surface area contributed by atoms with Gasteiger partial charge in [-0.2, -0.15) is 0 Å². The van der Waals surface area contributed by atoms with Gasteiger partial charge in [-0.3, -0.25) is 0 Å². The van der Waals surface area contributed by atoms with Crippen molar-refractivity contribution >= 4 is 12.1 Å². The average molecular weight is 392 g/mol. The molecule has 6 nitrogen and oxygen atoms in total.